The van der Waals surface area contributed by atoms with Gasteiger partial charge in [-0.1, -0.05) is 115 Å². The molecule has 5 bridgehead atoms. The maximum Gasteiger partial charge on any atom is 0.235 e. The van der Waals surface area contributed by atoms with Gasteiger partial charge in [-0.2, -0.15) is 0 Å². The van der Waals surface area contributed by atoms with Crippen LogP contribution in [0.1, 0.15) is 22.3 Å². The lowest BCUT2D eigenvalue weighted by Crippen LogP contribution is -2.26. The lowest BCUT2D eigenvalue weighted by atomic mass is 9.72. The summed E-state index contributed by atoms with van der Waals surface area (Å²) >= 11 is 0. The standard InChI is InChI=1S/C52H30N4/c1-2-12-38(13-3-1)55-43-19-18-39-41-25-33-10-6-7-11-34(33)27-44(41)56-50(39)46(43)42-26-37-29-52(23-21-35(37)28-45(42)55)22-20-31-16-17-40-48(53-51(56)54-49(40)47(31)52)36-15-14-30-8-4-5-9-32(30)24-36/h1-28H,29H2. The Bertz CT molecular complexity index is 3670. The first kappa shape index (κ1) is 29.1. The Morgan fingerprint density at radius 1 is 0.500 bits per heavy atom. The van der Waals surface area contributed by atoms with Gasteiger partial charge >= 0.3 is 0 Å². The van der Waals surface area contributed by atoms with Crippen molar-refractivity contribution in [3.8, 4) is 22.9 Å². The van der Waals surface area contributed by atoms with E-state index in [1.165, 1.54) is 76.4 Å². The Labute approximate surface area is 320 Å². The molecular formula is C52H30N4. The van der Waals surface area contributed by atoms with Crippen molar-refractivity contribution < 1.29 is 0 Å². The molecule has 2 aliphatic carbocycles. The highest BCUT2D eigenvalue weighted by Crippen LogP contribution is 2.50. The lowest BCUT2D eigenvalue weighted by Gasteiger charge is -2.31. The van der Waals surface area contributed by atoms with Crippen molar-refractivity contribution in [3.63, 3.8) is 0 Å². The predicted molar refractivity (Wildman–Crippen MR) is 232 cm³/mol. The first-order chi connectivity index (χ1) is 27.7. The smallest absolute Gasteiger partial charge is 0.235 e. The van der Waals surface area contributed by atoms with Crippen LogP contribution in [-0.2, 0) is 11.8 Å². The van der Waals surface area contributed by atoms with Crippen LogP contribution in [0, 0.1) is 0 Å². The van der Waals surface area contributed by atoms with Crippen LogP contribution >= 0.6 is 0 Å². The second-order valence-corrected chi connectivity index (χ2v) is 15.9. The molecule has 0 radical (unpaired) electrons. The molecule has 0 fully saturated rings. The van der Waals surface area contributed by atoms with Gasteiger partial charge in [-0.3, -0.25) is 4.57 Å². The van der Waals surface area contributed by atoms with E-state index in [4.69, 9.17) is 9.97 Å². The van der Waals surface area contributed by atoms with Gasteiger partial charge in [-0.05, 0) is 105 Å². The van der Waals surface area contributed by atoms with Crippen molar-refractivity contribution in [3.05, 3.63) is 180 Å². The number of hydrogen-bond donors (Lipinski definition) is 0. The number of para-hydroxylation sites is 1. The molecule has 1 spiro atoms. The molecule has 0 saturated carbocycles. The first-order valence-electron chi connectivity index (χ1n) is 19.4. The Kier molecular flexibility index (Phi) is 5.23. The third-order valence-corrected chi connectivity index (χ3v) is 13.0. The molecule has 1 aliphatic heterocycles. The van der Waals surface area contributed by atoms with E-state index in [0.717, 1.165) is 45.3 Å². The quantitative estimate of drug-likeness (QED) is 0.179. The van der Waals surface area contributed by atoms with E-state index in [2.05, 4.69) is 179 Å². The van der Waals surface area contributed by atoms with Crippen LogP contribution in [0.15, 0.2) is 158 Å². The summed E-state index contributed by atoms with van der Waals surface area (Å²) in [6.45, 7) is 0. The van der Waals surface area contributed by atoms with Crippen LogP contribution in [0.4, 0.5) is 0 Å². The first-order valence-corrected chi connectivity index (χ1v) is 19.4. The number of benzene rings is 8. The van der Waals surface area contributed by atoms with Crippen molar-refractivity contribution in [2.24, 2.45) is 0 Å². The van der Waals surface area contributed by atoms with Crippen LogP contribution in [0.2, 0.25) is 0 Å². The highest BCUT2D eigenvalue weighted by Gasteiger charge is 2.39. The predicted octanol–water partition coefficient (Wildman–Crippen LogP) is 12.6. The summed E-state index contributed by atoms with van der Waals surface area (Å²) in [5.74, 6) is 0.691. The summed E-state index contributed by atoms with van der Waals surface area (Å²) in [5.41, 5.74) is 13.6. The third-order valence-electron chi connectivity index (χ3n) is 13.0. The second-order valence-electron chi connectivity index (χ2n) is 15.9. The molecule has 0 saturated heterocycles. The Morgan fingerprint density at radius 3 is 2.09 bits per heavy atom. The second kappa shape index (κ2) is 10.1. The Balaban J connectivity index is 1.25. The molecule has 56 heavy (non-hydrogen) atoms. The van der Waals surface area contributed by atoms with E-state index >= 15 is 0 Å². The van der Waals surface area contributed by atoms with Crippen molar-refractivity contribution in [1.82, 2.24) is 19.1 Å². The normalized spacial score (nSPS) is 16.4. The molecule has 0 amide bonds. The molecule has 8 aromatic carbocycles. The zero-order valence-corrected chi connectivity index (χ0v) is 30.2. The third kappa shape index (κ3) is 3.60. The van der Waals surface area contributed by atoms with Crippen molar-refractivity contribution >= 4 is 88.2 Å². The van der Waals surface area contributed by atoms with Gasteiger partial charge in [0, 0.05) is 43.6 Å². The van der Waals surface area contributed by atoms with Gasteiger partial charge in [0.15, 0.2) is 0 Å². The van der Waals surface area contributed by atoms with E-state index < -0.39 is 0 Å². The number of aromatic nitrogens is 4. The van der Waals surface area contributed by atoms with E-state index in [-0.39, 0.29) is 5.41 Å². The Hall–Kier alpha value is -7.30. The average molecular weight is 711 g/mol. The van der Waals surface area contributed by atoms with Crippen LogP contribution in [-0.4, -0.2) is 19.1 Å². The fraction of sp³-hybridized carbons (Fsp3) is 0.0385. The topological polar surface area (TPSA) is 35.6 Å². The molecule has 4 heterocycles. The fourth-order valence-electron chi connectivity index (χ4n) is 10.5. The number of hydrogen-bond acceptors (Lipinski definition) is 2. The van der Waals surface area contributed by atoms with Crippen LogP contribution in [0.3, 0.4) is 0 Å². The van der Waals surface area contributed by atoms with Crippen LogP contribution in [0.5, 0.6) is 0 Å². The SMILES string of the molecule is C1=CC23C=Cc4ccc5c(-c6ccc7ccccc7c6)nc(nc5c42)-n2c4cc5ccccc5cc4c4ccc5c(c6cc(c1cc6n5-c1ccccc1)C3)c42. The molecule has 4 nitrogen and oxygen atoms in total. The minimum Gasteiger partial charge on any atom is -0.309 e. The van der Waals surface area contributed by atoms with Crippen molar-refractivity contribution in [2.75, 3.05) is 0 Å². The summed E-state index contributed by atoms with van der Waals surface area (Å²) in [6, 6.07) is 53.7. The van der Waals surface area contributed by atoms with Crippen LogP contribution < -0.4 is 0 Å². The summed E-state index contributed by atoms with van der Waals surface area (Å²) in [4.78, 5) is 11.4. The molecule has 0 N–H and O–H groups in total. The monoisotopic (exact) mass is 710 g/mol. The number of nitrogens with zero attached hydrogens (tertiary/aromatic N) is 4. The van der Waals surface area contributed by atoms with Gasteiger partial charge in [0.1, 0.15) is 0 Å². The van der Waals surface area contributed by atoms with Gasteiger partial charge in [-0.15, -0.1) is 0 Å². The van der Waals surface area contributed by atoms with E-state index in [1.807, 2.05) is 0 Å². The molecule has 1 atom stereocenters. The Morgan fingerprint density at radius 2 is 1.23 bits per heavy atom. The van der Waals surface area contributed by atoms with Crippen molar-refractivity contribution in [2.45, 2.75) is 11.8 Å². The molecule has 3 aliphatic rings. The molecular weight excluding hydrogens is 681 g/mol. The molecule has 11 aromatic rings. The van der Waals surface area contributed by atoms with Gasteiger partial charge in [0.2, 0.25) is 5.95 Å². The molecule has 14 rings (SSSR count). The molecule has 4 heteroatoms. The highest BCUT2D eigenvalue weighted by molar-refractivity contribution is 6.27. The average Bonchev–Trinajstić information content (AvgIpc) is 3.88. The van der Waals surface area contributed by atoms with Gasteiger partial charge in [0.05, 0.1) is 33.3 Å². The van der Waals surface area contributed by atoms with Gasteiger partial charge < -0.3 is 4.57 Å². The maximum absolute atomic E-state index is 5.75. The van der Waals surface area contributed by atoms with E-state index in [1.54, 1.807) is 0 Å². The van der Waals surface area contributed by atoms with Gasteiger partial charge in [-0.25, -0.2) is 9.97 Å². The number of allylic oxidation sites excluding steroid dienone is 2. The van der Waals surface area contributed by atoms with E-state index in [0.29, 0.717) is 5.95 Å². The molecule has 258 valence electrons. The lowest BCUT2D eigenvalue weighted by molar-refractivity contribution is 0.675. The number of fused-ring (bicyclic) bond motifs is 7. The maximum atomic E-state index is 5.75. The minimum atomic E-state index is -0.327. The molecule has 3 aromatic heterocycles. The van der Waals surface area contributed by atoms with Gasteiger partial charge in [0.25, 0.3) is 0 Å². The zero-order valence-electron chi connectivity index (χ0n) is 30.2. The van der Waals surface area contributed by atoms with Crippen molar-refractivity contribution in [1.29, 1.82) is 0 Å². The molecule has 1 unspecified atom stereocenters. The number of rotatable bonds is 2. The van der Waals surface area contributed by atoms with E-state index in [9.17, 15) is 0 Å². The zero-order chi connectivity index (χ0) is 36.3. The summed E-state index contributed by atoms with van der Waals surface area (Å²) in [5, 5.41) is 10.8. The summed E-state index contributed by atoms with van der Waals surface area (Å²) in [6.07, 6.45) is 10.4. The minimum absolute atomic E-state index is 0.327. The highest BCUT2D eigenvalue weighted by atomic mass is 15.2. The largest absolute Gasteiger partial charge is 0.309 e. The summed E-state index contributed by atoms with van der Waals surface area (Å²) in [7, 11) is 0. The fourth-order valence-corrected chi connectivity index (χ4v) is 10.5. The summed E-state index contributed by atoms with van der Waals surface area (Å²) < 4.78 is 4.84. The van der Waals surface area contributed by atoms with Crippen LogP contribution in [0.25, 0.3) is 111 Å².